The van der Waals surface area contributed by atoms with Crippen LogP contribution >= 0.6 is 0 Å². The van der Waals surface area contributed by atoms with E-state index in [1.54, 1.807) is 36.3 Å². The maximum Gasteiger partial charge on any atom is 0.261 e. The van der Waals surface area contributed by atoms with E-state index in [1.165, 1.54) is 4.90 Å². The largest absolute Gasteiger partial charge is 0.289 e. The molecule has 3 rings (SSSR count). The fraction of sp³-hybridized carbons (Fsp3) is 0.211. The fourth-order valence-electron chi connectivity index (χ4n) is 2.80. The van der Waals surface area contributed by atoms with Gasteiger partial charge >= 0.3 is 0 Å². The molecule has 3 amide bonds. The maximum absolute atomic E-state index is 12.2. The third kappa shape index (κ3) is 3.52. The molecule has 128 valence electrons. The first-order chi connectivity index (χ1) is 12.1. The van der Waals surface area contributed by atoms with Gasteiger partial charge in [-0.3, -0.25) is 29.7 Å². The number of imide groups is 1. The van der Waals surface area contributed by atoms with Gasteiger partial charge in [-0.2, -0.15) is 0 Å². The molecule has 25 heavy (non-hydrogen) atoms. The Labute approximate surface area is 146 Å². The molecule has 1 aliphatic heterocycles. The normalized spacial score (nSPS) is 12.9. The topological polar surface area (TPSA) is 69.7 Å². The van der Waals surface area contributed by atoms with Gasteiger partial charge in [0, 0.05) is 20.0 Å². The lowest BCUT2D eigenvalue weighted by Gasteiger charge is -2.20. The molecule has 1 aliphatic rings. The molecule has 2 aromatic carbocycles. The molecule has 0 spiro atoms. The van der Waals surface area contributed by atoms with E-state index in [1.807, 2.05) is 30.3 Å². The van der Waals surface area contributed by atoms with Gasteiger partial charge in [-0.1, -0.05) is 30.3 Å². The predicted molar refractivity (Wildman–Crippen MR) is 94.0 cm³/mol. The van der Waals surface area contributed by atoms with Gasteiger partial charge in [0.05, 0.1) is 16.8 Å². The van der Waals surface area contributed by atoms with Crippen LogP contribution in [0.25, 0.3) is 0 Å². The summed E-state index contributed by atoms with van der Waals surface area (Å²) < 4.78 is 0. The van der Waals surface area contributed by atoms with Gasteiger partial charge in [0.25, 0.3) is 11.8 Å². The Morgan fingerprint density at radius 1 is 0.960 bits per heavy atom. The van der Waals surface area contributed by atoms with Gasteiger partial charge in [0.15, 0.2) is 0 Å². The first-order valence-corrected chi connectivity index (χ1v) is 8.11. The number of nitrogens with zero attached hydrogens (tertiary/aromatic N) is 2. The smallest absolute Gasteiger partial charge is 0.261 e. The average Bonchev–Trinajstić information content (AvgIpc) is 2.87. The maximum atomic E-state index is 12.2. The standard InChI is InChI=1S/C19H19N3O3/c1-21(14-8-3-2-4-9-14)20-17(23)12-7-13-22-18(24)15-10-5-6-11-16(15)19(22)25/h2-6,8-11H,7,12-13H2,1H3,(H,20,23). The summed E-state index contributed by atoms with van der Waals surface area (Å²) in [6.07, 6.45) is 0.643. The van der Waals surface area contributed by atoms with Crippen LogP contribution in [0.15, 0.2) is 54.6 Å². The first-order valence-electron chi connectivity index (χ1n) is 8.11. The summed E-state index contributed by atoms with van der Waals surface area (Å²) in [5.41, 5.74) is 4.50. The van der Waals surface area contributed by atoms with Crippen molar-refractivity contribution in [3.8, 4) is 0 Å². The summed E-state index contributed by atoms with van der Waals surface area (Å²) in [6, 6.07) is 16.2. The number of hydrogen-bond donors (Lipinski definition) is 1. The van der Waals surface area contributed by atoms with Crippen LogP contribution in [0.5, 0.6) is 0 Å². The third-order valence-electron chi connectivity index (χ3n) is 4.10. The zero-order valence-electron chi connectivity index (χ0n) is 13.9. The van der Waals surface area contributed by atoms with E-state index >= 15 is 0 Å². The molecule has 0 aliphatic carbocycles. The molecule has 6 nitrogen and oxygen atoms in total. The second kappa shape index (κ2) is 7.17. The van der Waals surface area contributed by atoms with Crippen LogP contribution in [0.2, 0.25) is 0 Å². The van der Waals surface area contributed by atoms with Gasteiger partial charge in [0.2, 0.25) is 5.91 Å². The van der Waals surface area contributed by atoms with Crippen LogP contribution in [0.4, 0.5) is 5.69 Å². The minimum absolute atomic E-state index is 0.164. The van der Waals surface area contributed by atoms with Crippen LogP contribution in [0, 0.1) is 0 Å². The number of carbonyl (C=O) groups excluding carboxylic acids is 3. The minimum atomic E-state index is -0.289. The Hall–Kier alpha value is -3.15. The summed E-state index contributed by atoms with van der Waals surface area (Å²) in [4.78, 5) is 37.7. The van der Waals surface area contributed by atoms with Crippen molar-refractivity contribution < 1.29 is 14.4 Å². The van der Waals surface area contributed by atoms with Crippen molar-refractivity contribution in [1.29, 1.82) is 0 Å². The Bertz CT molecular complexity index is 770. The van der Waals surface area contributed by atoms with E-state index in [2.05, 4.69) is 5.43 Å². The lowest BCUT2D eigenvalue weighted by Crippen LogP contribution is -2.39. The lowest BCUT2D eigenvalue weighted by molar-refractivity contribution is -0.121. The Morgan fingerprint density at radius 3 is 2.12 bits per heavy atom. The van der Waals surface area contributed by atoms with Gasteiger partial charge in [-0.05, 0) is 30.7 Å². The van der Waals surface area contributed by atoms with E-state index in [4.69, 9.17) is 0 Å². The number of fused-ring (bicyclic) bond motifs is 1. The van der Waals surface area contributed by atoms with Crippen molar-refractivity contribution >= 4 is 23.4 Å². The molecule has 6 heteroatoms. The second-order valence-electron chi connectivity index (χ2n) is 5.84. The van der Waals surface area contributed by atoms with Crippen molar-refractivity contribution in [3.05, 3.63) is 65.7 Å². The summed E-state index contributed by atoms with van der Waals surface area (Å²) in [7, 11) is 1.76. The van der Waals surface area contributed by atoms with E-state index in [0.29, 0.717) is 17.5 Å². The summed E-state index contributed by atoms with van der Waals surface area (Å²) in [5, 5.41) is 1.64. The summed E-state index contributed by atoms with van der Waals surface area (Å²) in [6.45, 7) is 0.231. The molecular formula is C19H19N3O3. The predicted octanol–water partition coefficient (Wildman–Crippen LogP) is 2.23. The molecule has 0 fully saturated rings. The highest BCUT2D eigenvalue weighted by Gasteiger charge is 2.34. The number of hydrazine groups is 1. The average molecular weight is 337 g/mol. The molecule has 0 aromatic heterocycles. The Kier molecular flexibility index (Phi) is 4.79. The Morgan fingerprint density at radius 2 is 1.52 bits per heavy atom. The quantitative estimate of drug-likeness (QED) is 0.648. The highest BCUT2D eigenvalue weighted by molar-refractivity contribution is 6.21. The molecule has 2 aromatic rings. The number of benzene rings is 2. The van der Waals surface area contributed by atoms with Crippen LogP contribution in [-0.2, 0) is 4.79 Å². The van der Waals surface area contributed by atoms with E-state index in [9.17, 15) is 14.4 Å². The van der Waals surface area contributed by atoms with E-state index in [-0.39, 0.29) is 30.7 Å². The highest BCUT2D eigenvalue weighted by atomic mass is 16.2. The molecule has 0 radical (unpaired) electrons. The number of amides is 3. The molecule has 0 saturated carbocycles. The lowest BCUT2D eigenvalue weighted by atomic mass is 10.1. The number of hydrogen-bond acceptors (Lipinski definition) is 4. The van der Waals surface area contributed by atoms with Gasteiger partial charge in [-0.15, -0.1) is 0 Å². The number of nitrogens with one attached hydrogen (secondary N) is 1. The molecule has 0 unspecified atom stereocenters. The zero-order valence-corrected chi connectivity index (χ0v) is 13.9. The van der Waals surface area contributed by atoms with Gasteiger partial charge < -0.3 is 0 Å². The van der Waals surface area contributed by atoms with E-state index in [0.717, 1.165) is 5.69 Å². The molecule has 1 N–H and O–H groups in total. The number of para-hydroxylation sites is 1. The van der Waals surface area contributed by atoms with Crippen molar-refractivity contribution in [1.82, 2.24) is 10.3 Å². The van der Waals surface area contributed by atoms with Crippen molar-refractivity contribution in [2.24, 2.45) is 0 Å². The van der Waals surface area contributed by atoms with Crippen LogP contribution in [0.1, 0.15) is 33.6 Å². The SMILES string of the molecule is CN(NC(=O)CCCN1C(=O)c2ccccc2C1=O)c1ccccc1. The zero-order chi connectivity index (χ0) is 17.8. The monoisotopic (exact) mass is 337 g/mol. The van der Waals surface area contributed by atoms with Crippen LogP contribution in [-0.4, -0.2) is 36.2 Å². The number of rotatable bonds is 6. The summed E-state index contributed by atoms with van der Waals surface area (Å²) >= 11 is 0. The molecule has 0 saturated heterocycles. The summed E-state index contributed by atoms with van der Waals surface area (Å²) in [5.74, 6) is -0.743. The van der Waals surface area contributed by atoms with Crippen LogP contribution in [0.3, 0.4) is 0 Å². The second-order valence-corrected chi connectivity index (χ2v) is 5.84. The number of anilines is 1. The number of carbonyl (C=O) groups is 3. The molecule has 0 bridgehead atoms. The van der Waals surface area contributed by atoms with Gasteiger partial charge in [0.1, 0.15) is 0 Å². The third-order valence-corrected chi connectivity index (χ3v) is 4.10. The highest BCUT2D eigenvalue weighted by Crippen LogP contribution is 2.22. The van der Waals surface area contributed by atoms with Crippen molar-refractivity contribution in [2.75, 3.05) is 18.6 Å². The Balaban J connectivity index is 1.50. The van der Waals surface area contributed by atoms with Crippen LogP contribution < -0.4 is 10.4 Å². The molecular weight excluding hydrogens is 318 g/mol. The molecule has 0 atom stereocenters. The van der Waals surface area contributed by atoms with Gasteiger partial charge in [-0.25, -0.2) is 0 Å². The van der Waals surface area contributed by atoms with Crippen molar-refractivity contribution in [3.63, 3.8) is 0 Å². The first kappa shape index (κ1) is 16.7. The van der Waals surface area contributed by atoms with Crippen molar-refractivity contribution in [2.45, 2.75) is 12.8 Å². The van der Waals surface area contributed by atoms with E-state index < -0.39 is 0 Å². The minimum Gasteiger partial charge on any atom is -0.289 e. The molecule has 1 heterocycles. The fourth-order valence-corrected chi connectivity index (χ4v) is 2.80.